The summed E-state index contributed by atoms with van der Waals surface area (Å²) in [6.45, 7) is 4.15. The molecule has 1 atom stereocenters. The second kappa shape index (κ2) is 5.04. The SMILES string of the molecule is CC(C)C1CCC(=O)N1c1ccc(C(F)F)cc1. The molecule has 0 aliphatic carbocycles. The van der Waals surface area contributed by atoms with Crippen molar-refractivity contribution in [1.29, 1.82) is 0 Å². The predicted molar refractivity (Wildman–Crippen MR) is 66.7 cm³/mol. The van der Waals surface area contributed by atoms with Gasteiger partial charge in [-0.05, 0) is 24.5 Å². The van der Waals surface area contributed by atoms with Crippen LogP contribution >= 0.6 is 0 Å². The fourth-order valence-corrected chi connectivity index (χ4v) is 2.45. The fourth-order valence-electron chi connectivity index (χ4n) is 2.45. The molecule has 18 heavy (non-hydrogen) atoms. The van der Waals surface area contributed by atoms with E-state index in [0.717, 1.165) is 12.1 Å². The Hall–Kier alpha value is -1.45. The predicted octanol–water partition coefficient (Wildman–Crippen LogP) is 3.78. The summed E-state index contributed by atoms with van der Waals surface area (Å²) in [5.41, 5.74) is 0.715. The van der Waals surface area contributed by atoms with Crippen LogP contribution in [0.2, 0.25) is 0 Å². The van der Waals surface area contributed by atoms with Crippen LogP contribution in [0, 0.1) is 5.92 Å². The van der Waals surface area contributed by atoms with Gasteiger partial charge in [0.15, 0.2) is 0 Å². The summed E-state index contributed by atoms with van der Waals surface area (Å²) < 4.78 is 25.0. The van der Waals surface area contributed by atoms with E-state index in [2.05, 4.69) is 13.8 Å². The average molecular weight is 253 g/mol. The van der Waals surface area contributed by atoms with Gasteiger partial charge in [0.1, 0.15) is 0 Å². The molecule has 2 nitrogen and oxygen atoms in total. The number of benzene rings is 1. The third kappa shape index (κ3) is 2.37. The van der Waals surface area contributed by atoms with E-state index in [1.807, 2.05) is 0 Å². The van der Waals surface area contributed by atoms with Gasteiger partial charge < -0.3 is 4.90 Å². The van der Waals surface area contributed by atoms with Crippen molar-refractivity contribution < 1.29 is 13.6 Å². The largest absolute Gasteiger partial charge is 0.309 e. The second-order valence-electron chi connectivity index (χ2n) is 5.01. The molecule has 98 valence electrons. The first-order valence-electron chi connectivity index (χ1n) is 6.21. The topological polar surface area (TPSA) is 20.3 Å². The number of hydrogen-bond acceptors (Lipinski definition) is 1. The fraction of sp³-hybridized carbons (Fsp3) is 0.500. The third-order valence-corrected chi connectivity index (χ3v) is 3.45. The van der Waals surface area contributed by atoms with Crippen molar-refractivity contribution in [3.05, 3.63) is 29.8 Å². The van der Waals surface area contributed by atoms with Gasteiger partial charge in [0, 0.05) is 23.7 Å². The third-order valence-electron chi connectivity index (χ3n) is 3.45. The molecule has 1 aromatic rings. The minimum atomic E-state index is -2.46. The molecule has 0 radical (unpaired) electrons. The minimum absolute atomic E-state index is 0.00788. The molecule has 0 aromatic heterocycles. The molecule has 0 N–H and O–H groups in total. The van der Waals surface area contributed by atoms with Crippen LogP contribution in [-0.4, -0.2) is 11.9 Å². The number of hydrogen-bond donors (Lipinski definition) is 0. The van der Waals surface area contributed by atoms with Crippen LogP contribution in [0.15, 0.2) is 24.3 Å². The van der Waals surface area contributed by atoms with Crippen molar-refractivity contribution >= 4 is 11.6 Å². The maximum Gasteiger partial charge on any atom is 0.263 e. The normalized spacial score (nSPS) is 20.2. The molecule has 0 saturated carbocycles. The van der Waals surface area contributed by atoms with Crippen LogP contribution in [0.4, 0.5) is 14.5 Å². The minimum Gasteiger partial charge on any atom is -0.309 e. The van der Waals surface area contributed by atoms with Gasteiger partial charge in [0.2, 0.25) is 5.91 Å². The van der Waals surface area contributed by atoms with E-state index in [1.165, 1.54) is 12.1 Å². The van der Waals surface area contributed by atoms with Gasteiger partial charge in [-0.15, -0.1) is 0 Å². The van der Waals surface area contributed by atoms with Crippen LogP contribution in [0.5, 0.6) is 0 Å². The van der Waals surface area contributed by atoms with Gasteiger partial charge in [-0.25, -0.2) is 8.78 Å². The van der Waals surface area contributed by atoms with Gasteiger partial charge in [0.25, 0.3) is 6.43 Å². The van der Waals surface area contributed by atoms with Gasteiger partial charge in [0.05, 0.1) is 0 Å². The lowest BCUT2D eigenvalue weighted by Crippen LogP contribution is -2.36. The smallest absolute Gasteiger partial charge is 0.263 e. The second-order valence-corrected chi connectivity index (χ2v) is 5.01. The number of rotatable bonds is 3. The highest BCUT2D eigenvalue weighted by atomic mass is 19.3. The quantitative estimate of drug-likeness (QED) is 0.802. The zero-order valence-electron chi connectivity index (χ0n) is 10.6. The Kier molecular flexibility index (Phi) is 3.64. The monoisotopic (exact) mass is 253 g/mol. The summed E-state index contributed by atoms with van der Waals surface area (Å²) in [4.78, 5) is 13.6. The summed E-state index contributed by atoms with van der Waals surface area (Å²) in [6.07, 6.45) is -1.08. The zero-order valence-corrected chi connectivity index (χ0v) is 10.6. The van der Waals surface area contributed by atoms with Crippen molar-refractivity contribution in [2.75, 3.05) is 4.90 Å². The highest BCUT2D eigenvalue weighted by Crippen LogP contribution is 2.31. The lowest BCUT2D eigenvalue weighted by atomic mass is 10.0. The summed E-state index contributed by atoms with van der Waals surface area (Å²) in [5.74, 6) is 0.449. The van der Waals surface area contributed by atoms with Crippen LogP contribution in [0.1, 0.15) is 38.7 Å². The Labute approximate surface area is 106 Å². The molecule has 1 heterocycles. The van der Waals surface area contributed by atoms with Crippen molar-refractivity contribution in [3.8, 4) is 0 Å². The molecule has 1 fully saturated rings. The molecular weight excluding hydrogens is 236 g/mol. The number of carbonyl (C=O) groups excluding carboxylic acids is 1. The number of carbonyl (C=O) groups is 1. The number of alkyl halides is 2. The highest BCUT2D eigenvalue weighted by molar-refractivity contribution is 5.96. The maximum absolute atomic E-state index is 12.5. The standard InChI is InChI=1S/C14H17F2NO/c1-9(2)12-7-8-13(18)17(12)11-5-3-10(4-6-11)14(15)16/h3-6,9,12,14H,7-8H2,1-2H3. The molecule has 4 heteroatoms. The molecule has 1 aliphatic heterocycles. The van der Waals surface area contributed by atoms with Gasteiger partial charge >= 0.3 is 0 Å². The van der Waals surface area contributed by atoms with Crippen molar-refractivity contribution in [2.24, 2.45) is 5.92 Å². The molecule has 1 aromatic carbocycles. The van der Waals surface area contributed by atoms with E-state index in [4.69, 9.17) is 0 Å². The summed E-state index contributed by atoms with van der Waals surface area (Å²) >= 11 is 0. The summed E-state index contributed by atoms with van der Waals surface area (Å²) in [6, 6.07) is 6.18. The van der Waals surface area contributed by atoms with E-state index >= 15 is 0 Å². The molecule has 1 unspecified atom stereocenters. The van der Waals surface area contributed by atoms with Crippen LogP contribution < -0.4 is 4.90 Å². The lowest BCUT2D eigenvalue weighted by molar-refractivity contribution is -0.117. The van der Waals surface area contributed by atoms with Crippen LogP contribution in [-0.2, 0) is 4.79 Å². The first kappa shape index (κ1) is 13.0. The van der Waals surface area contributed by atoms with E-state index in [-0.39, 0.29) is 17.5 Å². The average Bonchev–Trinajstić information content (AvgIpc) is 2.71. The molecular formula is C14H17F2NO. The Morgan fingerprint density at radius 1 is 1.22 bits per heavy atom. The Morgan fingerprint density at radius 2 is 1.83 bits per heavy atom. The van der Waals surface area contributed by atoms with Crippen LogP contribution in [0.25, 0.3) is 0 Å². The summed E-state index contributed by atoms with van der Waals surface area (Å²) in [7, 11) is 0. The molecule has 1 aliphatic rings. The number of halogens is 2. The van der Waals surface area contributed by atoms with Gasteiger partial charge in [-0.3, -0.25) is 4.79 Å². The van der Waals surface area contributed by atoms with E-state index in [9.17, 15) is 13.6 Å². The Bertz CT molecular complexity index is 428. The Morgan fingerprint density at radius 3 is 2.33 bits per heavy atom. The first-order valence-corrected chi connectivity index (χ1v) is 6.21. The number of nitrogens with zero attached hydrogens (tertiary/aromatic N) is 1. The molecule has 0 bridgehead atoms. The Balaban J connectivity index is 2.26. The summed E-state index contributed by atoms with van der Waals surface area (Å²) in [5, 5.41) is 0. The molecule has 1 saturated heterocycles. The molecule has 1 amide bonds. The molecule has 2 rings (SSSR count). The van der Waals surface area contributed by atoms with Crippen molar-refractivity contribution in [1.82, 2.24) is 0 Å². The number of anilines is 1. The molecule has 0 spiro atoms. The van der Waals surface area contributed by atoms with E-state index in [1.54, 1.807) is 17.0 Å². The van der Waals surface area contributed by atoms with E-state index in [0.29, 0.717) is 12.3 Å². The van der Waals surface area contributed by atoms with Gasteiger partial charge in [-0.1, -0.05) is 26.0 Å². The van der Waals surface area contributed by atoms with E-state index < -0.39 is 6.43 Å². The van der Waals surface area contributed by atoms with Gasteiger partial charge in [-0.2, -0.15) is 0 Å². The van der Waals surface area contributed by atoms with Crippen molar-refractivity contribution in [3.63, 3.8) is 0 Å². The zero-order chi connectivity index (χ0) is 13.3. The van der Waals surface area contributed by atoms with Crippen molar-refractivity contribution in [2.45, 2.75) is 39.2 Å². The highest BCUT2D eigenvalue weighted by Gasteiger charge is 2.33. The maximum atomic E-state index is 12.5. The first-order chi connectivity index (χ1) is 8.50. The van der Waals surface area contributed by atoms with Crippen LogP contribution in [0.3, 0.4) is 0 Å². The lowest BCUT2D eigenvalue weighted by Gasteiger charge is -2.28. The number of amides is 1.